The fourth-order valence-electron chi connectivity index (χ4n) is 1.73. The molecule has 1 aromatic carbocycles. The Morgan fingerprint density at radius 1 is 1.15 bits per heavy atom. The quantitative estimate of drug-likeness (QED) is 0.352. The molecule has 0 spiro atoms. The van der Waals surface area contributed by atoms with Gasteiger partial charge in [-0.05, 0) is 31.4 Å². The van der Waals surface area contributed by atoms with Crippen LogP contribution < -0.4 is 17.2 Å². The molecule has 0 fully saturated rings. The summed E-state index contributed by atoms with van der Waals surface area (Å²) in [7, 11) is 0. The average molecular weight is 279 g/mol. The molecule has 0 aromatic heterocycles. The highest BCUT2D eigenvalue weighted by molar-refractivity contribution is 6.06. The number of esters is 1. The molecule has 110 valence electrons. The van der Waals surface area contributed by atoms with Crippen LogP contribution in [-0.2, 0) is 20.9 Å². The van der Waals surface area contributed by atoms with Crippen molar-refractivity contribution in [1.82, 2.24) is 0 Å². The molecule has 0 bridgehead atoms. The van der Waals surface area contributed by atoms with Crippen LogP contribution in [0, 0.1) is 0 Å². The first-order chi connectivity index (χ1) is 9.50. The molecule has 0 aliphatic carbocycles. The van der Waals surface area contributed by atoms with Gasteiger partial charge in [0.05, 0.1) is 0 Å². The molecule has 0 saturated heterocycles. The van der Waals surface area contributed by atoms with Crippen molar-refractivity contribution in [1.29, 1.82) is 0 Å². The molecule has 0 heterocycles. The number of amides is 1. The van der Waals surface area contributed by atoms with Gasteiger partial charge in [0.25, 0.3) is 0 Å². The average Bonchev–Trinajstić information content (AvgIpc) is 2.45. The van der Waals surface area contributed by atoms with E-state index >= 15 is 0 Å². The molecule has 6 N–H and O–H groups in total. The van der Waals surface area contributed by atoms with E-state index < -0.39 is 17.4 Å². The lowest BCUT2D eigenvalue weighted by molar-refractivity contribution is -0.155. The summed E-state index contributed by atoms with van der Waals surface area (Å²) in [4.78, 5) is 23.4. The molecule has 6 heteroatoms. The maximum atomic E-state index is 12.0. The maximum Gasteiger partial charge on any atom is 0.336 e. The second kappa shape index (κ2) is 7.62. The van der Waals surface area contributed by atoms with Crippen LogP contribution in [0.1, 0.15) is 24.8 Å². The molecule has 20 heavy (non-hydrogen) atoms. The Hall–Kier alpha value is -1.92. The van der Waals surface area contributed by atoms with Crippen molar-refractivity contribution in [2.24, 2.45) is 17.2 Å². The molecular formula is C14H21N3O3. The topological polar surface area (TPSA) is 121 Å². The van der Waals surface area contributed by atoms with Gasteiger partial charge in [0.2, 0.25) is 5.91 Å². The summed E-state index contributed by atoms with van der Waals surface area (Å²) in [6.45, 7) is 0.525. The second-order valence-electron chi connectivity index (χ2n) is 4.64. The van der Waals surface area contributed by atoms with E-state index in [1.165, 1.54) is 0 Å². The van der Waals surface area contributed by atoms with Crippen molar-refractivity contribution in [3.63, 3.8) is 0 Å². The van der Waals surface area contributed by atoms with E-state index in [0.717, 1.165) is 5.56 Å². The summed E-state index contributed by atoms with van der Waals surface area (Å²) in [5.41, 5.74) is 15.4. The van der Waals surface area contributed by atoms with E-state index in [9.17, 15) is 9.59 Å². The molecule has 1 unspecified atom stereocenters. The Balaban J connectivity index is 2.62. The largest absolute Gasteiger partial charge is 0.459 e. The van der Waals surface area contributed by atoms with Crippen molar-refractivity contribution in [3.05, 3.63) is 35.9 Å². The monoisotopic (exact) mass is 279 g/mol. The predicted octanol–water partition coefficient (Wildman–Crippen LogP) is 0.0416. The molecule has 0 aliphatic rings. The number of hydrogen-bond donors (Lipinski definition) is 3. The molecule has 6 nitrogen and oxygen atoms in total. The lowest BCUT2D eigenvalue weighted by Gasteiger charge is -2.23. The molecule has 0 radical (unpaired) electrons. The van der Waals surface area contributed by atoms with Crippen molar-refractivity contribution < 1.29 is 14.3 Å². The fourth-order valence-corrected chi connectivity index (χ4v) is 1.73. The van der Waals surface area contributed by atoms with Gasteiger partial charge >= 0.3 is 5.97 Å². The molecule has 1 rings (SSSR count). The van der Waals surface area contributed by atoms with Crippen LogP contribution in [0.2, 0.25) is 0 Å². The van der Waals surface area contributed by atoms with Gasteiger partial charge in [0.1, 0.15) is 6.61 Å². The van der Waals surface area contributed by atoms with E-state index in [4.69, 9.17) is 21.9 Å². The third-order valence-electron chi connectivity index (χ3n) is 3.04. The molecule has 1 aromatic rings. The molecule has 1 atom stereocenters. The molecule has 0 aliphatic heterocycles. The first-order valence-electron chi connectivity index (χ1n) is 6.50. The highest BCUT2D eigenvalue weighted by Crippen LogP contribution is 2.14. The van der Waals surface area contributed by atoms with Crippen LogP contribution in [0.25, 0.3) is 0 Å². The molecule has 0 saturated carbocycles. The van der Waals surface area contributed by atoms with Crippen molar-refractivity contribution >= 4 is 11.9 Å². The Kier molecular flexibility index (Phi) is 6.14. The van der Waals surface area contributed by atoms with Gasteiger partial charge in [-0.3, -0.25) is 4.79 Å². The van der Waals surface area contributed by atoms with Gasteiger partial charge < -0.3 is 21.9 Å². The minimum absolute atomic E-state index is 0.0583. The number of carbonyl (C=O) groups excluding carboxylic acids is 2. The second-order valence-corrected chi connectivity index (χ2v) is 4.64. The van der Waals surface area contributed by atoms with Gasteiger partial charge in [0, 0.05) is 0 Å². The van der Waals surface area contributed by atoms with E-state index in [-0.39, 0.29) is 13.0 Å². The summed E-state index contributed by atoms with van der Waals surface area (Å²) in [6, 6.07) is 9.13. The SMILES string of the molecule is NCCCCC(N)(C(N)=O)C(=O)OCc1ccccc1. The summed E-state index contributed by atoms with van der Waals surface area (Å²) in [5.74, 6) is -1.68. The zero-order chi connectivity index (χ0) is 15.0. The summed E-state index contributed by atoms with van der Waals surface area (Å²) in [6.07, 6.45) is 1.34. The van der Waals surface area contributed by atoms with Crippen LogP contribution in [0.3, 0.4) is 0 Å². The smallest absolute Gasteiger partial charge is 0.336 e. The molecular weight excluding hydrogens is 258 g/mol. The zero-order valence-electron chi connectivity index (χ0n) is 11.4. The summed E-state index contributed by atoms with van der Waals surface area (Å²) < 4.78 is 5.09. The summed E-state index contributed by atoms with van der Waals surface area (Å²) in [5, 5.41) is 0. The van der Waals surface area contributed by atoms with Gasteiger partial charge in [0.15, 0.2) is 5.54 Å². The van der Waals surface area contributed by atoms with E-state index in [0.29, 0.717) is 19.4 Å². The van der Waals surface area contributed by atoms with Gasteiger partial charge in [-0.25, -0.2) is 4.79 Å². The number of benzene rings is 1. The first-order valence-corrected chi connectivity index (χ1v) is 6.50. The number of hydrogen-bond acceptors (Lipinski definition) is 5. The van der Waals surface area contributed by atoms with Crippen LogP contribution >= 0.6 is 0 Å². The minimum Gasteiger partial charge on any atom is -0.459 e. The van der Waals surface area contributed by atoms with Crippen LogP contribution in [0.4, 0.5) is 0 Å². The third kappa shape index (κ3) is 4.32. The predicted molar refractivity (Wildman–Crippen MR) is 75.3 cm³/mol. The highest BCUT2D eigenvalue weighted by atomic mass is 16.5. The Labute approximate surface area is 118 Å². The molecule has 1 amide bonds. The number of unbranched alkanes of at least 4 members (excludes halogenated alkanes) is 1. The number of carbonyl (C=O) groups is 2. The van der Waals surface area contributed by atoms with E-state index in [1.807, 2.05) is 30.3 Å². The van der Waals surface area contributed by atoms with Gasteiger partial charge in [-0.1, -0.05) is 30.3 Å². The van der Waals surface area contributed by atoms with Crippen molar-refractivity contribution in [2.75, 3.05) is 6.54 Å². The van der Waals surface area contributed by atoms with Crippen molar-refractivity contribution in [3.8, 4) is 0 Å². The Morgan fingerprint density at radius 2 is 1.80 bits per heavy atom. The first kappa shape index (κ1) is 16.1. The number of ether oxygens (including phenoxy) is 1. The van der Waals surface area contributed by atoms with Crippen LogP contribution in [0.5, 0.6) is 0 Å². The Morgan fingerprint density at radius 3 is 2.35 bits per heavy atom. The standard InChI is InChI=1S/C14H21N3O3/c15-9-5-4-8-14(17,12(16)18)13(19)20-10-11-6-2-1-3-7-11/h1-3,6-7H,4-5,8-10,15,17H2,(H2,16,18). The van der Waals surface area contributed by atoms with E-state index in [2.05, 4.69) is 0 Å². The van der Waals surface area contributed by atoms with Crippen molar-refractivity contribution in [2.45, 2.75) is 31.4 Å². The fraction of sp³-hybridized carbons (Fsp3) is 0.429. The van der Waals surface area contributed by atoms with Gasteiger partial charge in [-0.15, -0.1) is 0 Å². The van der Waals surface area contributed by atoms with Gasteiger partial charge in [-0.2, -0.15) is 0 Å². The number of nitrogens with two attached hydrogens (primary N) is 3. The maximum absolute atomic E-state index is 12.0. The highest BCUT2D eigenvalue weighted by Gasteiger charge is 2.41. The number of rotatable bonds is 8. The number of primary amides is 1. The normalized spacial score (nSPS) is 13.5. The van der Waals surface area contributed by atoms with E-state index in [1.54, 1.807) is 0 Å². The summed E-state index contributed by atoms with van der Waals surface area (Å²) >= 11 is 0. The Bertz CT molecular complexity index is 450. The zero-order valence-corrected chi connectivity index (χ0v) is 11.4. The lowest BCUT2D eigenvalue weighted by Crippen LogP contribution is -2.58. The van der Waals surface area contributed by atoms with Crippen LogP contribution in [0.15, 0.2) is 30.3 Å². The van der Waals surface area contributed by atoms with Crippen LogP contribution in [-0.4, -0.2) is 24.0 Å². The minimum atomic E-state index is -1.79. The third-order valence-corrected chi connectivity index (χ3v) is 3.04. The lowest BCUT2D eigenvalue weighted by atomic mass is 9.93.